The molecule has 0 unspecified atom stereocenters. The zero-order valence-electron chi connectivity index (χ0n) is 7.29. The molecule has 2 nitrogen and oxygen atoms in total. The van der Waals surface area contributed by atoms with Crippen molar-refractivity contribution in [2.24, 2.45) is 0 Å². The van der Waals surface area contributed by atoms with Gasteiger partial charge in [0.15, 0.2) is 0 Å². The first kappa shape index (κ1) is 8.61. The van der Waals surface area contributed by atoms with Gasteiger partial charge in [-0.25, -0.2) is 0 Å². The summed E-state index contributed by atoms with van der Waals surface area (Å²) in [5, 5.41) is 8.18. The van der Waals surface area contributed by atoms with Crippen LogP contribution in [0.2, 0.25) is 0 Å². The molecule has 1 aromatic carbocycles. The third kappa shape index (κ3) is 2.00. The molecule has 0 fully saturated rings. The molecule has 0 atom stereocenters. The third-order valence-corrected chi connectivity index (χ3v) is 1.87. The lowest BCUT2D eigenvalue weighted by Gasteiger charge is -2.02. The van der Waals surface area contributed by atoms with Gasteiger partial charge < -0.3 is 4.74 Å². The van der Waals surface area contributed by atoms with Crippen LogP contribution < -0.4 is 0 Å². The van der Waals surface area contributed by atoms with Crippen LogP contribution in [0.4, 0.5) is 0 Å². The number of nitriles is 1. The number of aryl methyl sites for hydroxylation is 2. The molecule has 0 aliphatic carbocycles. The summed E-state index contributed by atoms with van der Waals surface area (Å²) in [6, 6.07) is 6.04. The first-order chi connectivity index (χ1) is 5.74. The molecule has 0 bridgehead atoms. The fourth-order valence-corrected chi connectivity index (χ4v) is 1.01. The highest BCUT2D eigenvalue weighted by atomic mass is 16.5. The van der Waals surface area contributed by atoms with E-state index >= 15 is 0 Å². The maximum atomic E-state index is 8.18. The summed E-state index contributed by atoms with van der Waals surface area (Å²) in [4.78, 5) is 0. The van der Waals surface area contributed by atoms with Crippen LogP contribution in [0.25, 0.3) is 0 Å². The van der Waals surface area contributed by atoms with E-state index in [2.05, 4.69) is 11.7 Å². The molecule has 0 saturated heterocycles. The molecule has 1 aromatic rings. The summed E-state index contributed by atoms with van der Waals surface area (Å²) >= 11 is 0. The topological polar surface area (TPSA) is 33.0 Å². The van der Waals surface area contributed by atoms with Crippen LogP contribution in [-0.4, -0.2) is 0 Å². The van der Waals surface area contributed by atoms with E-state index in [9.17, 15) is 0 Å². The van der Waals surface area contributed by atoms with Crippen molar-refractivity contribution in [2.75, 3.05) is 0 Å². The standard InChI is InChI=1S/C10H11NO/c1-8-3-4-10(5-9(8)2)6-12-7-11/h3-5H,6H2,1-2H3. The Morgan fingerprint density at radius 2 is 2.08 bits per heavy atom. The highest BCUT2D eigenvalue weighted by Crippen LogP contribution is 2.10. The van der Waals surface area contributed by atoms with Gasteiger partial charge in [0.2, 0.25) is 0 Å². The van der Waals surface area contributed by atoms with Crippen molar-refractivity contribution in [1.82, 2.24) is 0 Å². The van der Waals surface area contributed by atoms with Crippen LogP contribution in [0, 0.1) is 25.4 Å². The number of hydrogen-bond acceptors (Lipinski definition) is 2. The first-order valence-corrected chi connectivity index (χ1v) is 3.81. The van der Waals surface area contributed by atoms with Crippen LogP contribution in [0.1, 0.15) is 16.7 Å². The molecule has 0 heterocycles. The Bertz CT molecular complexity index is 312. The van der Waals surface area contributed by atoms with Crippen LogP contribution in [0.3, 0.4) is 0 Å². The maximum Gasteiger partial charge on any atom is 0.286 e. The summed E-state index contributed by atoms with van der Waals surface area (Å²) in [7, 11) is 0. The van der Waals surface area contributed by atoms with E-state index < -0.39 is 0 Å². The van der Waals surface area contributed by atoms with Crippen LogP contribution in [0.15, 0.2) is 18.2 Å². The molecule has 0 aromatic heterocycles. The average Bonchev–Trinajstić information content (AvgIpc) is 2.07. The van der Waals surface area contributed by atoms with Gasteiger partial charge in [-0.05, 0) is 30.5 Å². The second-order valence-corrected chi connectivity index (χ2v) is 2.80. The lowest BCUT2D eigenvalue weighted by molar-refractivity contribution is 0.257. The molecule has 0 spiro atoms. The second kappa shape index (κ2) is 3.77. The van der Waals surface area contributed by atoms with Gasteiger partial charge in [0.05, 0.1) is 0 Å². The summed E-state index contributed by atoms with van der Waals surface area (Å²) in [5.41, 5.74) is 3.53. The number of hydrogen-bond donors (Lipinski definition) is 0. The third-order valence-electron chi connectivity index (χ3n) is 1.87. The lowest BCUT2D eigenvalue weighted by atomic mass is 10.1. The highest BCUT2D eigenvalue weighted by molar-refractivity contribution is 5.29. The number of rotatable bonds is 2. The first-order valence-electron chi connectivity index (χ1n) is 3.81. The molecule has 1 rings (SSSR count). The van der Waals surface area contributed by atoms with Crippen LogP contribution in [0.5, 0.6) is 0 Å². The Hall–Kier alpha value is -1.49. The second-order valence-electron chi connectivity index (χ2n) is 2.80. The Morgan fingerprint density at radius 1 is 1.33 bits per heavy atom. The minimum absolute atomic E-state index is 0.373. The quantitative estimate of drug-likeness (QED) is 0.623. The average molecular weight is 161 g/mol. The highest BCUT2D eigenvalue weighted by Gasteiger charge is 1.95. The zero-order valence-corrected chi connectivity index (χ0v) is 7.29. The Kier molecular flexibility index (Phi) is 2.71. The predicted octanol–water partition coefficient (Wildman–Crippen LogP) is 2.30. The molecule has 12 heavy (non-hydrogen) atoms. The number of nitrogens with zero attached hydrogens (tertiary/aromatic N) is 1. The van der Waals surface area contributed by atoms with Gasteiger partial charge in [0.1, 0.15) is 6.61 Å². The molecule has 0 N–H and O–H groups in total. The Morgan fingerprint density at radius 3 is 2.67 bits per heavy atom. The lowest BCUT2D eigenvalue weighted by Crippen LogP contribution is -1.89. The van der Waals surface area contributed by atoms with Crippen molar-refractivity contribution >= 4 is 0 Å². The predicted molar refractivity (Wildman–Crippen MR) is 46.3 cm³/mol. The van der Waals surface area contributed by atoms with Gasteiger partial charge >= 0.3 is 0 Å². The van der Waals surface area contributed by atoms with Gasteiger partial charge in [-0.15, -0.1) is 0 Å². The van der Waals surface area contributed by atoms with Crippen molar-refractivity contribution in [3.8, 4) is 6.26 Å². The molecule has 0 aliphatic rings. The van der Waals surface area contributed by atoms with E-state index in [0.29, 0.717) is 6.61 Å². The number of benzene rings is 1. The van der Waals surface area contributed by atoms with E-state index in [4.69, 9.17) is 5.26 Å². The fourth-order valence-electron chi connectivity index (χ4n) is 1.01. The minimum atomic E-state index is 0.373. The van der Waals surface area contributed by atoms with Crippen LogP contribution >= 0.6 is 0 Å². The van der Waals surface area contributed by atoms with E-state index in [1.807, 2.05) is 25.1 Å². The SMILES string of the molecule is Cc1ccc(COC#N)cc1C. The van der Waals surface area contributed by atoms with E-state index in [1.54, 1.807) is 6.26 Å². The number of ether oxygens (including phenoxy) is 1. The fraction of sp³-hybridized carbons (Fsp3) is 0.300. The van der Waals surface area contributed by atoms with Crippen molar-refractivity contribution in [2.45, 2.75) is 20.5 Å². The Labute approximate surface area is 72.4 Å². The summed E-state index contributed by atoms with van der Waals surface area (Å²) in [5.74, 6) is 0. The van der Waals surface area contributed by atoms with Crippen molar-refractivity contribution < 1.29 is 4.74 Å². The molecule has 0 aliphatic heterocycles. The minimum Gasteiger partial charge on any atom is -0.423 e. The van der Waals surface area contributed by atoms with Gasteiger partial charge in [-0.2, -0.15) is 5.26 Å². The molecule has 0 saturated carbocycles. The molecular weight excluding hydrogens is 150 g/mol. The smallest absolute Gasteiger partial charge is 0.286 e. The van der Waals surface area contributed by atoms with Crippen molar-refractivity contribution in [3.05, 3.63) is 34.9 Å². The monoisotopic (exact) mass is 161 g/mol. The van der Waals surface area contributed by atoms with E-state index in [0.717, 1.165) is 5.56 Å². The van der Waals surface area contributed by atoms with E-state index in [-0.39, 0.29) is 0 Å². The van der Waals surface area contributed by atoms with E-state index in [1.165, 1.54) is 11.1 Å². The van der Waals surface area contributed by atoms with Gasteiger partial charge in [0, 0.05) is 0 Å². The summed E-state index contributed by atoms with van der Waals surface area (Å²) in [6.07, 6.45) is 1.65. The zero-order chi connectivity index (χ0) is 8.97. The molecule has 62 valence electrons. The largest absolute Gasteiger partial charge is 0.423 e. The summed E-state index contributed by atoms with van der Waals surface area (Å²) in [6.45, 7) is 4.48. The molecule has 0 radical (unpaired) electrons. The van der Waals surface area contributed by atoms with Crippen LogP contribution in [-0.2, 0) is 11.3 Å². The molecular formula is C10H11NO. The van der Waals surface area contributed by atoms with Gasteiger partial charge in [0.25, 0.3) is 6.26 Å². The normalized spacial score (nSPS) is 9.08. The van der Waals surface area contributed by atoms with Crippen molar-refractivity contribution in [1.29, 1.82) is 5.26 Å². The van der Waals surface area contributed by atoms with Crippen molar-refractivity contribution in [3.63, 3.8) is 0 Å². The molecule has 2 heteroatoms. The molecule has 0 amide bonds. The maximum absolute atomic E-state index is 8.18. The summed E-state index contributed by atoms with van der Waals surface area (Å²) < 4.78 is 4.62. The Balaban J connectivity index is 2.77. The van der Waals surface area contributed by atoms with Gasteiger partial charge in [-0.3, -0.25) is 0 Å². The van der Waals surface area contributed by atoms with Gasteiger partial charge in [-0.1, -0.05) is 18.2 Å².